The van der Waals surface area contributed by atoms with Gasteiger partial charge < -0.3 is 29.2 Å². The van der Waals surface area contributed by atoms with Crippen LogP contribution in [0.4, 0.5) is 0 Å². The van der Waals surface area contributed by atoms with Gasteiger partial charge in [-0.3, -0.25) is 4.79 Å². The number of esters is 2. The summed E-state index contributed by atoms with van der Waals surface area (Å²) in [5.41, 5.74) is -2.12. The quantitative estimate of drug-likeness (QED) is 0.701. The Labute approximate surface area is 151 Å². The molecule has 3 aliphatic heterocycles. The lowest BCUT2D eigenvalue weighted by Gasteiger charge is -2.40. The first-order chi connectivity index (χ1) is 12.0. The predicted molar refractivity (Wildman–Crippen MR) is 87.5 cm³/mol. The monoisotopic (exact) mass is 368 g/mol. The zero-order chi connectivity index (χ0) is 19.3. The summed E-state index contributed by atoms with van der Waals surface area (Å²) >= 11 is 0. The Balaban J connectivity index is 2.19. The molecule has 0 spiro atoms. The molecule has 2 N–H and O–H groups in total. The molecule has 0 amide bonds. The molecular formula is C18H24O8. The summed E-state index contributed by atoms with van der Waals surface area (Å²) in [6.07, 6.45) is 1.03. The summed E-state index contributed by atoms with van der Waals surface area (Å²) in [5, 5.41) is 21.9. The summed E-state index contributed by atoms with van der Waals surface area (Å²) in [6.45, 7) is 4.36. The van der Waals surface area contributed by atoms with Crippen LogP contribution >= 0.6 is 0 Å². The van der Waals surface area contributed by atoms with Crippen molar-refractivity contribution < 1.29 is 38.7 Å². The van der Waals surface area contributed by atoms with Crippen molar-refractivity contribution >= 4 is 11.9 Å². The van der Waals surface area contributed by atoms with Crippen LogP contribution in [0.5, 0.6) is 0 Å². The van der Waals surface area contributed by atoms with Gasteiger partial charge in [0.15, 0.2) is 5.79 Å². The van der Waals surface area contributed by atoms with Gasteiger partial charge in [0, 0.05) is 32.4 Å². The van der Waals surface area contributed by atoms with Crippen LogP contribution in [0.2, 0.25) is 0 Å². The van der Waals surface area contributed by atoms with E-state index in [-0.39, 0.29) is 30.8 Å². The molecule has 0 radical (unpaired) electrons. The highest BCUT2D eigenvalue weighted by atomic mass is 16.7. The smallest absolute Gasteiger partial charge is 0.342 e. The molecular weight excluding hydrogens is 344 g/mol. The fourth-order valence-corrected chi connectivity index (χ4v) is 3.80. The Hall–Kier alpha value is -1.74. The van der Waals surface area contributed by atoms with Crippen molar-refractivity contribution in [3.05, 3.63) is 23.0 Å². The number of carbonyl (C=O) groups excluding carboxylic acids is 2. The highest BCUT2D eigenvalue weighted by Gasteiger charge is 2.58. The summed E-state index contributed by atoms with van der Waals surface area (Å²) in [7, 11) is 1.43. The van der Waals surface area contributed by atoms with Crippen molar-refractivity contribution in [2.75, 3.05) is 13.7 Å². The number of ether oxygens (including phenoxy) is 4. The van der Waals surface area contributed by atoms with E-state index in [9.17, 15) is 19.8 Å². The third-order valence-electron chi connectivity index (χ3n) is 5.18. The number of aliphatic hydroxyl groups is 2. The molecule has 1 fully saturated rings. The van der Waals surface area contributed by atoms with Gasteiger partial charge in [0.2, 0.25) is 0 Å². The summed E-state index contributed by atoms with van der Waals surface area (Å²) in [6, 6.07) is 0. The molecule has 0 unspecified atom stereocenters. The van der Waals surface area contributed by atoms with E-state index in [2.05, 4.69) is 0 Å². The van der Waals surface area contributed by atoms with E-state index in [1.165, 1.54) is 21.0 Å². The standard InChI is InChI=1S/C18H24O8/c1-10(19)24-13-8-17(3,21)18(22)6-5-16(2,26-18)7-12-14(13)11(9-23-4)15(20)25-12/h7,13,21-22H,5-6,8-9H2,1-4H3/t13-,16-,17+,18+/m0/s1. The van der Waals surface area contributed by atoms with Crippen LogP contribution in [0.15, 0.2) is 23.0 Å². The molecule has 1 saturated heterocycles. The highest BCUT2D eigenvalue weighted by molar-refractivity contribution is 5.95. The molecule has 2 bridgehead atoms. The first-order valence-corrected chi connectivity index (χ1v) is 8.50. The van der Waals surface area contributed by atoms with E-state index in [4.69, 9.17) is 18.9 Å². The van der Waals surface area contributed by atoms with Crippen LogP contribution in [-0.4, -0.2) is 59.0 Å². The van der Waals surface area contributed by atoms with Crippen molar-refractivity contribution in [2.45, 2.75) is 63.1 Å². The van der Waals surface area contributed by atoms with Gasteiger partial charge in [0.05, 0.1) is 17.8 Å². The Bertz CT molecular complexity index is 706. The average molecular weight is 368 g/mol. The van der Waals surface area contributed by atoms with Gasteiger partial charge in [-0.05, 0) is 26.3 Å². The molecule has 0 aromatic rings. The Morgan fingerprint density at radius 2 is 2.04 bits per heavy atom. The minimum Gasteiger partial charge on any atom is -0.457 e. The number of hydrogen-bond donors (Lipinski definition) is 2. The number of fused-ring (bicyclic) bond motifs is 3. The van der Waals surface area contributed by atoms with Crippen molar-refractivity contribution in [1.29, 1.82) is 0 Å². The van der Waals surface area contributed by atoms with Gasteiger partial charge in [0.1, 0.15) is 17.5 Å². The summed E-state index contributed by atoms with van der Waals surface area (Å²) in [5.74, 6) is -2.79. The second-order valence-corrected chi connectivity index (χ2v) is 7.50. The third-order valence-corrected chi connectivity index (χ3v) is 5.18. The van der Waals surface area contributed by atoms with E-state index in [0.717, 1.165) is 0 Å². The predicted octanol–water partition coefficient (Wildman–Crippen LogP) is 0.714. The summed E-state index contributed by atoms with van der Waals surface area (Å²) in [4.78, 5) is 24.0. The molecule has 0 aromatic carbocycles. The Kier molecular flexibility index (Phi) is 4.51. The minimum absolute atomic E-state index is 0.0345. The van der Waals surface area contributed by atoms with Gasteiger partial charge in [-0.2, -0.15) is 0 Å². The maximum absolute atomic E-state index is 12.3. The lowest BCUT2D eigenvalue weighted by molar-refractivity contribution is -0.298. The van der Waals surface area contributed by atoms with Crippen molar-refractivity contribution in [2.24, 2.45) is 0 Å². The maximum Gasteiger partial charge on any atom is 0.342 e. The molecule has 8 nitrogen and oxygen atoms in total. The van der Waals surface area contributed by atoms with Crippen LogP contribution in [0.1, 0.15) is 40.0 Å². The molecule has 144 valence electrons. The van der Waals surface area contributed by atoms with E-state index in [1.807, 2.05) is 0 Å². The molecule has 0 saturated carbocycles. The Morgan fingerprint density at radius 1 is 1.35 bits per heavy atom. The minimum atomic E-state index is -1.82. The SMILES string of the molecule is COCC1=C2C(=C[C@]3(C)CC[C@@](O)(O3)[C@](C)(O)C[C@@H]2OC(C)=O)OC1=O. The average Bonchev–Trinajstić information content (AvgIpc) is 2.97. The highest BCUT2D eigenvalue weighted by Crippen LogP contribution is 2.49. The van der Waals surface area contributed by atoms with Crippen LogP contribution < -0.4 is 0 Å². The van der Waals surface area contributed by atoms with Crippen LogP contribution in [-0.2, 0) is 28.5 Å². The lowest BCUT2D eigenvalue weighted by Crippen LogP contribution is -2.54. The lowest BCUT2D eigenvalue weighted by atomic mass is 9.82. The number of methoxy groups -OCH3 is 1. The van der Waals surface area contributed by atoms with Gasteiger partial charge in [-0.1, -0.05) is 0 Å². The maximum atomic E-state index is 12.3. The van der Waals surface area contributed by atoms with Gasteiger partial charge in [-0.15, -0.1) is 0 Å². The summed E-state index contributed by atoms with van der Waals surface area (Å²) < 4.78 is 21.7. The van der Waals surface area contributed by atoms with Gasteiger partial charge in [-0.25, -0.2) is 4.79 Å². The molecule has 3 heterocycles. The zero-order valence-corrected chi connectivity index (χ0v) is 15.3. The molecule has 26 heavy (non-hydrogen) atoms. The van der Waals surface area contributed by atoms with Gasteiger partial charge in [0.25, 0.3) is 0 Å². The van der Waals surface area contributed by atoms with Crippen molar-refractivity contribution in [3.63, 3.8) is 0 Å². The van der Waals surface area contributed by atoms with E-state index in [0.29, 0.717) is 12.0 Å². The van der Waals surface area contributed by atoms with Gasteiger partial charge >= 0.3 is 11.9 Å². The fraction of sp³-hybridized carbons (Fsp3) is 0.667. The van der Waals surface area contributed by atoms with E-state index in [1.54, 1.807) is 13.0 Å². The first kappa shape index (κ1) is 19.0. The second kappa shape index (κ2) is 6.16. The van der Waals surface area contributed by atoms with Crippen molar-refractivity contribution in [3.8, 4) is 0 Å². The molecule has 0 aliphatic carbocycles. The third kappa shape index (κ3) is 3.07. The van der Waals surface area contributed by atoms with Crippen LogP contribution in [0, 0.1) is 0 Å². The molecule has 4 atom stereocenters. The number of carbonyl (C=O) groups is 2. The molecule has 3 aliphatic rings. The van der Waals surface area contributed by atoms with E-state index >= 15 is 0 Å². The van der Waals surface area contributed by atoms with Crippen LogP contribution in [0.25, 0.3) is 0 Å². The first-order valence-electron chi connectivity index (χ1n) is 8.50. The van der Waals surface area contributed by atoms with Crippen molar-refractivity contribution in [1.82, 2.24) is 0 Å². The van der Waals surface area contributed by atoms with Crippen LogP contribution in [0.3, 0.4) is 0 Å². The number of rotatable bonds is 3. The topological polar surface area (TPSA) is 112 Å². The Morgan fingerprint density at radius 3 is 2.65 bits per heavy atom. The largest absolute Gasteiger partial charge is 0.457 e. The number of hydrogen-bond acceptors (Lipinski definition) is 8. The zero-order valence-electron chi connectivity index (χ0n) is 15.3. The normalized spacial score (nSPS) is 39.5. The molecule has 0 aromatic heterocycles. The van der Waals surface area contributed by atoms with E-state index < -0.39 is 35.0 Å². The molecule has 8 heteroatoms. The fourth-order valence-electron chi connectivity index (χ4n) is 3.80. The molecule has 3 rings (SSSR count). The second-order valence-electron chi connectivity index (χ2n) is 7.50.